The zero-order valence-electron chi connectivity index (χ0n) is 15.2. The molecule has 6 nitrogen and oxygen atoms in total. The Morgan fingerprint density at radius 3 is 2.27 bits per heavy atom. The lowest BCUT2D eigenvalue weighted by Gasteiger charge is -2.15. The summed E-state index contributed by atoms with van der Waals surface area (Å²) < 4.78 is 16.0. The van der Waals surface area contributed by atoms with E-state index in [-0.39, 0.29) is 0 Å². The molecule has 0 aliphatic rings. The maximum absolute atomic E-state index is 12.3. The van der Waals surface area contributed by atoms with Crippen molar-refractivity contribution in [2.75, 3.05) is 18.5 Å². The monoisotopic (exact) mass is 357 g/mol. The molecule has 6 heteroatoms. The molecular formula is C20H23NO5. The van der Waals surface area contributed by atoms with Crippen LogP contribution >= 0.6 is 0 Å². The second kappa shape index (κ2) is 9.46. The van der Waals surface area contributed by atoms with Gasteiger partial charge in [-0.2, -0.15) is 0 Å². The standard InChI is InChI=1S/C20H23NO5/c1-4-24-16-12-10-15(11-13-16)20(23)26-14(3)19(22)21-17-8-6-7-9-18(17)25-5-2/h6-14H,4-5H2,1-3H3,(H,21,22)/t14-/m1/s1. The maximum atomic E-state index is 12.3. The van der Waals surface area contributed by atoms with Crippen molar-refractivity contribution in [3.8, 4) is 11.5 Å². The lowest BCUT2D eigenvalue weighted by atomic mass is 10.2. The second-order valence-corrected chi connectivity index (χ2v) is 5.42. The summed E-state index contributed by atoms with van der Waals surface area (Å²) in [4.78, 5) is 24.5. The molecule has 1 atom stereocenters. The minimum atomic E-state index is -0.955. The van der Waals surface area contributed by atoms with Crippen LogP contribution in [0.2, 0.25) is 0 Å². The van der Waals surface area contributed by atoms with Crippen LogP contribution in [0.3, 0.4) is 0 Å². The summed E-state index contributed by atoms with van der Waals surface area (Å²) in [7, 11) is 0. The molecule has 1 N–H and O–H groups in total. The van der Waals surface area contributed by atoms with Crippen LogP contribution in [0.4, 0.5) is 5.69 Å². The van der Waals surface area contributed by atoms with Gasteiger partial charge in [0, 0.05) is 0 Å². The van der Waals surface area contributed by atoms with Gasteiger partial charge in [0.1, 0.15) is 11.5 Å². The van der Waals surface area contributed by atoms with Gasteiger partial charge in [0.15, 0.2) is 6.10 Å². The van der Waals surface area contributed by atoms with Crippen molar-refractivity contribution >= 4 is 17.6 Å². The van der Waals surface area contributed by atoms with Crippen LogP contribution in [0.15, 0.2) is 48.5 Å². The Bertz CT molecular complexity index is 742. The Hall–Kier alpha value is -3.02. The van der Waals surface area contributed by atoms with Crippen molar-refractivity contribution in [2.24, 2.45) is 0 Å². The van der Waals surface area contributed by atoms with Crippen molar-refractivity contribution in [3.05, 3.63) is 54.1 Å². The zero-order chi connectivity index (χ0) is 18.9. The largest absolute Gasteiger partial charge is 0.494 e. The first-order chi connectivity index (χ1) is 12.5. The third kappa shape index (κ3) is 5.24. The van der Waals surface area contributed by atoms with Gasteiger partial charge in [0.05, 0.1) is 24.5 Å². The second-order valence-electron chi connectivity index (χ2n) is 5.42. The van der Waals surface area contributed by atoms with Gasteiger partial charge in [-0.25, -0.2) is 4.79 Å². The summed E-state index contributed by atoms with van der Waals surface area (Å²) in [5.41, 5.74) is 0.881. The Balaban J connectivity index is 1.97. The first-order valence-electron chi connectivity index (χ1n) is 8.51. The molecule has 138 valence electrons. The molecule has 1 amide bonds. The van der Waals surface area contributed by atoms with Gasteiger partial charge in [-0.1, -0.05) is 12.1 Å². The highest BCUT2D eigenvalue weighted by Crippen LogP contribution is 2.24. The third-order valence-corrected chi connectivity index (χ3v) is 3.50. The summed E-state index contributed by atoms with van der Waals surface area (Å²) >= 11 is 0. The van der Waals surface area contributed by atoms with Gasteiger partial charge < -0.3 is 19.5 Å². The molecule has 2 aromatic rings. The van der Waals surface area contributed by atoms with E-state index in [0.29, 0.717) is 36.0 Å². The number of hydrogen-bond acceptors (Lipinski definition) is 5. The van der Waals surface area contributed by atoms with Crippen molar-refractivity contribution in [3.63, 3.8) is 0 Å². The van der Waals surface area contributed by atoms with Crippen LogP contribution in [0.5, 0.6) is 11.5 Å². The van der Waals surface area contributed by atoms with E-state index in [1.54, 1.807) is 42.5 Å². The molecule has 0 fully saturated rings. The molecule has 0 heterocycles. The van der Waals surface area contributed by atoms with E-state index < -0.39 is 18.0 Å². The number of rotatable bonds is 8. The van der Waals surface area contributed by atoms with Crippen LogP contribution in [0, 0.1) is 0 Å². The summed E-state index contributed by atoms with van der Waals surface area (Å²) in [6.07, 6.45) is -0.955. The zero-order valence-corrected chi connectivity index (χ0v) is 15.2. The number of nitrogens with one attached hydrogen (secondary N) is 1. The molecule has 0 radical (unpaired) electrons. The normalized spacial score (nSPS) is 11.3. The smallest absolute Gasteiger partial charge is 0.338 e. The molecule has 0 spiro atoms. The Morgan fingerprint density at radius 2 is 1.62 bits per heavy atom. The molecule has 0 aromatic heterocycles. The van der Waals surface area contributed by atoms with E-state index in [9.17, 15) is 9.59 Å². The van der Waals surface area contributed by atoms with E-state index in [1.165, 1.54) is 6.92 Å². The van der Waals surface area contributed by atoms with Crippen LogP contribution in [0.1, 0.15) is 31.1 Å². The average molecular weight is 357 g/mol. The lowest BCUT2D eigenvalue weighted by molar-refractivity contribution is -0.123. The number of anilines is 1. The van der Waals surface area contributed by atoms with Gasteiger partial charge in [-0.15, -0.1) is 0 Å². The summed E-state index contributed by atoms with van der Waals surface area (Å²) in [5, 5.41) is 2.72. The summed E-state index contributed by atoms with van der Waals surface area (Å²) in [6, 6.07) is 13.7. The van der Waals surface area contributed by atoms with Crippen LogP contribution in [0.25, 0.3) is 0 Å². The molecule has 0 saturated carbocycles. The predicted octanol–water partition coefficient (Wildman–Crippen LogP) is 3.67. The molecule has 0 unspecified atom stereocenters. The minimum absolute atomic E-state index is 0.350. The number of ether oxygens (including phenoxy) is 3. The third-order valence-electron chi connectivity index (χ3n) is 3.50. The van der Waals surface area contributed by atoms with Crippen molar-refractivity contribution < 1.29 is 23.8 Å². The number of carbonyl (C=O) groups is 2. The molecule has 2 rings (SSSR count). The van der Waals surface area contributed by atoms with Gasteiger partial charge in [-0.3, -0.25) is 4.79 Å². The fourth-order valence-electron chi connectivity index (χ4n) is 2.22. The molecule has 2 aromatic carbocycles. The Kier molecular flexibility index (Phi) is 7.02. The van der Waals surface area contributed by atoms with E-state index in [0.717, 1.165) is 0 Å². The highest BCUT2D eigenvalue weighted by Gasteiger charge is 2.20. The Morgan fingerprint density at radius 1 is 0.962 bits per heavy atom. The maximum Gasteiger partial charge on any atom is 0.338 e. The van der Waals surface area contributed by atoms with Crippen LogP contribution in [-0.4, -0.2) is 31.2 Å². The highest BCUT2D eigenvalue weighted by atomic mass is 16.5. The van der Waals surface area contributed by atoms with Crippen molar-refractivity contribution in [2.45, 2.75) is 26.9 Å². The van der Waals surface area contributed by atoms with E-state index in [4.69, 9.17) is 14.2 Å². The van der Waals surface area contributed by atoms with Crippen molar-refractivity contribution in [1.82, 2.24) is 0 Å². The first-order valence-corrected chi connectivity index (χ1v) is 8.51. The van der Waals surface area contributed by atoms with Crippen molar-refractivity contribution in [1.29, 1.82) is 0 Å². The average Bonchev–Trinajstić information content (AvgIpc) is 2.64. The minimum Gasteiger partial charge on any atom is -0.494 e. The fourth-order valence-corrected chi connectivity index (χ4v) is 2.22. The summed E-state index contributed by atoms with van der Waals surface area (Å²) in [6.45, 7) is 6.29. The number of para-hydroxylation sites is 2. The van der Waals surface area contributed by atoms with E-state index >= 15 is 0 Å². The van der Waals surface area contributed by atoms with E-state index in [2.05, 4.69) is 5.32 Å². The van der Waals surface area contributed by atoms with Gasteiger partial charge >= 0.3 is 5.97 Å². The number of esters is 1. The molecule has 0 bridgehead atoms. The molecule has 26 heavy (non-hydrogen) atoms. The first kappa shape index (κ1) is 19.3. The molecule has 0 aliphatic heterocycles. The number of benzene rings is 2. The Labute approximate surface area is 153 Å². The SMILES string of the molecule is CCOc1ccc(C(=O)O[C@H](C)C(=O)Nc2ccccc2OCC)cc1. The van der Waals surface area contributed by atoms with E-state index in [1.807, 2.05) is 19.9 Å². The van der Waals surface area contributed by atoms with Gasteiger partial charge in [-0.05, 0) is 57.2 Å². The quantitative estimate of drug-likeness (QED) is 0.730. The highest BCUT2D eigenvalue weighted by molar-refractivity contribution is 5.98. The number of carbonyl (C=O) groups excluding carboxylic acids is 2. The molecule has 0 saturated heterocycles. The van der Waals surface area contributed by atoms with Crippen LogP contribution in [-0.2, 0) is 9.53 Å². The van der Waals surface area contributed by atoms with Gasteiger partial charge in [0.25, 0.3) is 5.91 Å². The predicted molar refractivity (Wildman–Crippen MR) is 98.7 cm³/mol. The number of amides is 1. The van der Waals surface area contributed by atoms with Crippen LogP contribution < -0.4 is 14.8 Å². The molecular weight excluding hydrogens is 334 g/mol. The fraction of sp³-hybridized carbons (Fsp3) is 0.300. The topological polar surface area (TPSA) is 73.9 Å². The number of hydrogen-bond donors (Lipinski definition) is 1. The lowest BCUT2D eigenvalue weighted by Crippen LogP contribution is -2.30. The summed E-state index contributed by atoms with van der Waals surface area (Å²) in [5.74, 6) is 0.223. The molecule has 0 aliphatic carbocycles. The van der Waals surface area contributed by atoms with Gasteiger partial charge in [0.2, 0.25) is 0 Å².